The monoisotopic (exact) mass is 410 g/mol. The zero-order valence-corrected chi connectivity index (χ0v) is 17.2. The van der Waals surface area contributed by atoms with Crippen molar-refractivity contribution in [1.82, 2.24) is 4.90 Å². The lowest BCUT2D eigenvalue weighted by Gasteiger charge is -2.31. The third-order valence-corrected chi connectivity index (χ3v) is 5.90. The van der Waals surface area contributed by atoms with Gasteiger partial charge >= 0.3 is 0 Å². The highest BCUT2D eigenvalue weighted by atomic mass is 16.5. The second-order valence-electron chi connectivity index (χ2n) is 7.67. The van der Waals surface area contributed by atoms with E-state index in [1.165, 1.54) is 16.0 Å². The number of benzene rings is 3. The van der Waals surface area contributed by atoms with Gasteiger partial charge in [-0.2, -0.15) is 0 Å². The Bertz CT molecular complexity index is 1180. The Kier molecular flexibility index (Phi) is 4.79. The van der Waals surface area contributed by atoms with Crippen LogP contribution in [0.1, 0.15) is 16.7 Å². The lowest BCUT2D eigenvalue weighted by atomic mass is 9.98. The molecule has 2 amide bonds. The lowest BCUT2D eigenvalue weighted by Crippen LogP contribution is -2.37. The molecule has 0 unspecified atom stereocenters. The number of methoxy groups -OCH3 is 1. The summed E-state index contributed by atoms with van der Waals surface area (Å²) in [7, 11) is 1.60. The number of amides is 2. The summed E-state index contributed by atoms with van der Waals surface area (Å²) >= 11 is 0. The van der Waals surface area contributed by atoms with Crippen molar-refractivity contribution in [3.8, 4) is 5.75 Å². The van der Waals surface area contributed by atoms with Crippen LogP contribution in [0.4, 0.5) is 5.69 Å². The molecule has 0 saturated heterocycles. The maximum absolute atomic E-state index is 13.6. The molecule has 3 aromatic carbocycles. The van der Waals surface area contributed by atoms with Crippen LogP contribution in [-0.2, 0) is 22.6 Å². The van der Waals surface area contributed by atoms with E-state index in [1.807, 2.05) is 59.5 Å². The van der Waals surface area contributed by atoms with Gasteiger partial charge in [-0.15, -0.1) is 0 Å². The molecule has 5 nitrogen and oxygen atoms in total. The highest BCUT2D eigenvalue weighted by Gasteiger charge is 2.43. The molecule has 0 spiro atoms. The van der Waals surface area contributed by atoms with Crippen LogP contribution < -0.4 is 9.64 Å². The standard InChI is InChI=1S/C26H22N2O3/c1-31-22-13-11-19(12-14-22)23-24(27-16-15-18-7-5-6-8-20(18)17-27)26(30)28(25(23)29)21-9-3-2-4-10-21/h2-14H,15-17H2,1H3. The number of ether oxygens (including phenoxy) is 1. The van der Waals surface area contributed by atoms with Gasteiger partial charge in [-0.1, -0.05) is 54.6 Å². The van der Waals surface area contributed by atoms with Gasteiger partial charge in [0.1, 0.15) is 11.4 Å². The van der Waals surface area contributed by atoms with Gasteiger partial charge < -0.3 is 9.64 Å². The zero-order chi connectivity index (χ0) is 21.4. The molecule has 0 N–H and O–H groups in total. The van der Waals surface area contributed by atoms with Crippen molar-refractivity contribution in [3.05, 3.63) is 101 Å². The Balaban J connectivity index is 1.61. The van der Waals surface area contributed by atoms with E-state index in [4.69, 9.17) is 4.74 Å². The van der Waals surface area contributed by atoms with E-state index in [9.17, 15) is 9.59 Å². The van der Waals surface area contributed by atoms with Gasteiger partial charge in [0.15, 0.2) is 0 Å². The van der Waals surface area contributed by atoms with E-state index in [0.717, 1.165) is 6.42 Å². The molecule has 0 saturated carbocycles. The molecule has 5 heteroatoms. The fourth-order valence-electron chi connectivity index (χ4n) is 4.33. The summed E-state index contributed by atoms with van der Waals surface area (Å²) in [4.78, 5) is 30.5. The summed E-state index contributed by atoms with van der Waals surface area (Å²) in [6, 6.07) is 24.7. The second kappa shape index (κ2) is 7.76. The number of carbonyl (C=O) groups excluding carboxylic acids is 2. The Morgan fingerprint density at radius 3 is 2.16 bits per heavy atom. The van der Waals surface area contributed by atoms with Crippen molar-refractivity contribution < 1.29 is 14.3 Å². The molecule has 0 bridgehead atoms. The van der Waals surface area contributed by atoms with Crippen LogP contribution in [0.3, 0.4) is 0 Å². The molecule has 3 aromatic rings. The molecular formula is C26H22N2O3. The van der Waals surface area contributed by atoms with Crippen LogP contribution in [-0.4, -0.2) is 30.4 Å². The summed E-state index contributed by atoms with van der Waals surface area (Å²) in [6.45, 7) is 1.29. The second-order valence-corrected chi connectivity index (χ2v) is 7.67. The van der Waals surface area contributed by atoms with Gasteiger partial charge in [-0.3, -0.25) is 9.59 Å². The van der Waals surface area contributed by atoms with Crippen LogP contribution in [0.5, 0.6) is 5.75 Å². The quantitative estimate of drug-likeness (QED) is 0.609. The molecule has 0 fully saturated rings. The molecule has 2 aliphatic heterocycles. The number of hydrogen-bond acceptors (Lipinski definition) is 4. The molecule has 2 heterocycles. The molecule has 0 aromatic heterocycles. The Morgan fingerprint density at radius 1 is 0.774 bits per heavy atom. The van der Waals surface area contributed by atoms with Crippen LogP contribution in [0, 0.1) is 0 Å². The van der Waals surface area contributed by atoms with Gasteiger partial charge in [-0.05, 0) is 47.4 Å². The SMILES string of the molecule is COc1ccc(C2=C(N3CCc4ccccc4C3)C(=O)N(c3ccccc3)C2=O)cc1. The first kappa shape index (κ1) is 19.1. The van der Waals surface area contributed by atoms with Crippen LogP contribution >= 0.6 is 0 Å². The average Bonchev–Trinajstić information content (AvgIpc) is 3.09. The number of fused-ring (bicyclic) bond motifs is 1. The minimum absolute atomic E-state index is 0.276. The van der Waals surface area contributed by atoms with Gasteiger partial charge in [0.2, 0.25) is 0 Å². The fourth-order valence-corrected chi connectivity index (χ4v) is 4.33. The first-order valence-corrected chi connectivity index (χ1v) is 10.3. The Morgan fingerprint density at radius 2 is 1.45 bits per heavy atom. The molecule has 0 radical (unpaired) electrons. The maximum Gasteiger partial charge on any atom is 0.282 e. The molecule has 154 valence electrons. The van der Waals surface area contributed by atoms with Crippen LogP contribution in [0.15, 0.2) is 84.6 Å². The van der Waals surface area contributed by atoms with E-state index in [0.29, 0.717) is 41.4 Å². The van der Waals surface area contributed by atoms with Crippen molar-refractivity contribution in [1.29, 1.82) is 0 Å². The molecule has 0 atom stereocenters. The molecule has 31 heavy (non-hydrogen) atoms. The summed E-state index contributed by atoms with van der Waals surface area (Å²) in [5.74, 6) is 0.131. The first-order chi connectivity index (χ1) is 15.2. The van der Waals surface area contributed by atoms with Crippen molar-refractivity contribution in [3.63, 3.8) is 0 Å². The number of rotatable bonds is 4. The largest absolute Gasteiger partial charge is 0.497 e. The average molecular weight is 410 g/mol. The molecular weight excluding hydrogens is 388 g/mol. The summed E-state index contributed by atoms with van der Waals surface area (Å²) in [5.41, 5.74) is 4.68. The normalized spacial score (nSPS) is 16.0. The summed E-state index contributed by atoms with van der Waals surface area (Å²) in [6.07, 6.45) is 0.836. The van der Waals surface area contributed by atoms with Crippen molar-refractivity contribution in [2.45, 2.75) is 13.0 Å². The van der Waals surface area contributed by atoms with E-state index in [2.05, 4.69) is 12.1 Å². The number of nitrogens with zero attached hydrogens (tertiary/aromatic N) is 2. The molecule has 2 aliphatic rings. The number of para-hydroxylation sites is 1. The van der Waals surface area contributed by atoms with Gasteiger partial charge in [0.25, 0.3) is 11.8 Å². The number of carbonyl (C=O) groups is 2. The van der Waals surface area contributed by atoms with Crippen LogP contribution in [0.25, 0.3) is 5.57 Å². The Hall–Kier alpha value is -3.86. The summed E-state index contributed by atoms with van der Waals surface area (Å²) in [5, 5.41) is 0. The molecule has 0 aliphatic carbocycles. The number of imide groups is 1. The van der Waals surface area contributed by atoms with Crippen LogP contribution in [0.2, 0.25) is 0 Å². The van der Waals surface area contributed by atoms with E-state index < -0.39 is 0 Å². The highest BCUT2D eigenvalue weighted by Crippen LogP contribution is 2.37. The zero-order valence-electron chi connectivity index (χ0n) is 17.2. The maximum atomic E-state index is 13.6. The van der Waals surface area contributed by atoms with E-state index in [1.54, 1.807) is 19.2 Å². The minimum atomic E-state index is -0.296. The van der Waals surface area contributed by atoms with Crippen molar-refractivity contribution in [2.24, 2.45) is 0 Å². The first-order valence-electron chi connectivity index (χ1n) is 10.3. The predicted molar refractivity (Wildman–Crippen MR) is 119 cm³/mol. The Labute approximate surface area is 181 Å². The smallest absolute Gasteiger partial charge is 0.282 e. The third kappa shape index (κ3) is 3.28. The van der Waals surface area contributed by atoms with E-state index in [-0.39, 0.29) is 11.8 Å². The van der Waals surface area contributed by atoms with Gasteiger partial charge in [-0.25, -0.2) is 4.90 Å². The van der Waals surface area contributed by atoms with Crippen molar-refractivity contribution >= 4 is 23.1 Å². The number of hydrogen-bond donors (Lipinski definition) is 0. The number of anilines is 1. The van der Waals surface area contributed by atoms with Gasteiger partial charge in [0, 0.05) is 13.1 Å². The fraction of sp³-hybridized carbons (Fsp3) is 0.154. The lowest BCUT2D eigenvalue weighted by molar-refractivity contribution is -0.120. The molecule has 5 rings (SSSR count). The van der Waals surface area contributed by atoms with Gasteiger partial charge in [0.05, 0.1) is 18.4 Å². The van der Waals surface area contributed by atoms with Crippen molar-refractivity contribution in [2.75, 3.05) is 18.6 Å². The topological polar surface area (TPSA) is 49.9 Å². The third-order valence-electron chi connectivity index (χ3n) is 5.90. The summed E-state index contributed by atoms with van der Waals surface area (Å²) < 4.78 is 5.26. The van der Waals surface area contributed by atoms with E-state index >= 15 is 0 Å². The predicted octanol–water partition coefficient (Wildman–Crippen LogP) is 4.04. The highest BCUT2D eigenvalue weighted by molar-refractivity contribution is 6.45. The minimum Gasteiger partial charge on any atom is -0.497 e.